The molecule has 0 spiro atoms. The second-order valence-electron chi connectivity index (χ2n) is 8.08. The van der Waals surface area contributed by atoms with Gasteiger partial charge in [-0.3, -0.25) is 4.79 Å². The molecule has 0 bridgehead atoms. The van der Waals surface area contributed by atoms with Gasteiger partial charge < -0.3 is 19.2 Å². The molecule has 2 aromatic rings. The van der Waals surface area contributed by atoms with Crippen molar-refractivity contribution in [3.63, 3.8) is 0 Å². The van der Waals surface area contributed by atoms with E-state index in [0.29, 0.717) is 5.69 Å². The molecule has 32 heavy (non-hydrogen) atoms. The normalized spacial score (nSPS) is 25.9. The van der Waals surface area contributed by atoms with Crippen molar-refractivity contribution in [3.8, 4) is 5.75 Å². The zero-order valence-corrected chi connectivity index (χ0v) is 18.2. The Morgan fingerprint density at radius 2 is 1.88 bits per heavy atom. The number of hydrogen-bond donors (Lipinski definition) is 1. The van der Waals surface area contributed by atoms with Gasteiger partial charge in [0.15, 0.2) is 22.6 Å². The van der Waals surface area contributed by atoms with Crippen molar-refractivity contribution in [2.24, 2.45) is 5.92 Å². The molecule has 176 valence electrons. The molecule has 1 fully saturated rings. The van der Waals surface area contributed by atoms with Crippen molar-refractivity contribution in [1.82, 2.24) is 4.98 Å². The molecule has 1 aromatic heterocycles. The second-order valence-corrected chi connectivity index (χ2v) is 8.08. The second kappa shape index (κ2) is 8.47. The van der Waals surface area contributed by atoms with Crippen LogP contribution in [0.3, 0.4) is 0 Å². The highest BCUT2D eigenvalue weighted by molar-refractivity contribution is 5.42. The number of halogens is 5. The average Bonchev–Trinajstić information content (AvgIpc) is 2.98. The number of ether oxygens (including phenoxy) is 3. The number of rotatable bonds is 5. The Balaban J connectivity index is 2.32. The van der Waals surface area contributed by atoms with Crippen LogP contribution in [0.4, 0.5) is 22.0 Å². The van der Waals surface area contributed by atoms with Crippen LogP contribution >= 0.6 is 0 Å². The highest BCUT2D eigenvalue weighted by Crippen LogP contribution is 2.59. The Morgan fingerprint density at radius 1 is 1.22 bits per heavy atom. The minimum Gasteiger partial charge on any atom is -0.493 e. The van der Waals surface area contributed by atoms with Crippen LogP contribution in [0.15, 0.2) is 23.0 Å². The monoisotopic (exact) mass is 461 g/mol. The number of alkyl halides is 3. The van der Waals surface area contributed by atoms with Crippen LogP contribution in [0.2, 0.25) is 0 Å². The summed E-state index contributed by atoms with van der Waals surface area (Å²) >= 11 is 0. The van der Waals surface area contributed by atoms with E-state index in [9.17, 15) is 26.7 Å². The molecule has 0 radical (unpaired) electrons. The molecule has 0 aliphatic carbocycles. The molecule has 1 aliphatic heterocycles. The van der Waals surface area contributed by atoms with Gasteiger partial charge in [-0.2, -0.15) is 17.6 Å². The molecule has 0 saturated carbocycles. The van der Waals surface area contributed by atoms with Crippen molar-refractivity contribution in [1.29, 1.82) is 0 Å². The molecule has 1 aliphatic rings. The van der Waals surface area contributed by atoms with E-state index in [0.717, 1.165) is 20.1 Å². The maximum atomic E-state index is 14.5. The molecule has 1 aromatic carbocycles. The third-order valence-electron chi connectivity index (χ3n) is 6.19. The van der Waals surface area contributed by atoms with Crippen LogP contribution in [-0.2, 0) is 16.1 Å². The van der Waals surface area contributed by atoms with Crippen molar-refractivity contribution >= 4 is 0 Å². The molecule has 0 amide bonds. The highest BCUT2D eigenvalue weighted by atomic mass is 19.4. The number of pyridine rings is 1. The predicted molar refractivity (Wildman–Crippen MR) is 106 cm³/mol. The third kappa shape index (κ3) is 3.79. The van der Waals surface area contributed by atoms with Crippen molar-refractivity contribution in [3.05, 3.63) is 62.6 Å². The van der Waals surface area contributed by atoms with Gasteiger partial charge >= 0.3 is 6.18 Å². The molecule has 0 unspecified atom stereocenters. The number of H-pyrrole nitrogens is 1. The summed E-state index contributed by atoms with van der Waals surface area (Å²) in [6, 6.07) is 3.31. The molecule has 1 N–H and O–H groups in total. The van der Waals surface area contributed by atoms with Crippen LogP contribution in [0.1, 0.15) is 48.4 Å². The fraction of sp³-hybridized carbons (Fsp3) is 0.500. The molecule has 5 nitrogen and oxygen atoms in total. The van der Waals surface area contributed by atoms with Gasteiger partial charge in [-0.25, -0.2) is 4.39 Å². The smallest absolute Gasteiger partial charge is 0.417 e. The lowest BCUT2D eigenvalue weighted by molar-refractivity contribution is -0.275. The van der Waals surface area contributed by atoms with Crippen LogP contribution in [-0.4, -0.2) is 31.0 Å². The van der Waals surface area contributed by atoms with Gasteiger partial charge in [0.1, 0.15) is 6.10 Å². The first-order valence-electron chi connectivity index (χ1n) is 9.85. The molecular formula is C22H24F5NO4. The van der Waals surface area contributed by atoms with Crippen LogP contribution < -0.4 is 10.2 Å². The number of benzene rings is 1. The number of nitrogens with one attached hydrogen (secondary N) is 1. The number of hydrogen-bond acceptors (Lipinski definition) is 4. The summed E-state index contributed by atoms with van der Waals surface area (Å²) in [6.45, 7) is 3.63. The van der Waals surface area contributed by atoms with Gasteiger partial charge in [0.2, 0.25) is 5.82 Å². The van der Waals surface area contributed by atoms with Gasteiger partial charge in [-0.05, 0) is 19.9 Å². The standard InChI is InChI=1S/C22H24F5NO4/c1-10-8-15(29)13(9-30-4)18(28-10)20-16(11(2)21(3,32-20)22(25,26)27)12-6-7-14(23)17(24)19(12)31-5/h6-8,11,16,20H,9H2,1-5H3,(H,28,29)/t11-,16-,20+,21+/m0/s1. The topological polar surface area (TPSA) is 60.6 Å². The quantitative estimate of drug-likeness (QED) is 0.642. The molecule has 10 heteroatoms. The van der Waals surface area contributed by atoms with Gasteiger partial charge in [0.25, 0.3) is 0 Å². The summed E-state index contributed by atoms with van der Waals surface area (Å²) in [5, 5.41) is 0. The van der Waals surface area contributed by atoms with E-state index in [1.165, 1.54) is 26.2 Å². The zero-order valence-electron chi connectivity index (χ0n) is 18.2. The molecule has 3 rings (SSSR count). The number of aryl methyl sites for hydroxylation is 1. The Hall–Kier alpha value is -2.46. The molecule has 4 atom stereocenters. The first-order valence-corrected chi connectivity index (χ1v) is 9.85. The summed E-state index contributed by atoms with van der Waals surface area (Å²) in [5.74, 6) is -5.39. The summed E-state index contributed by atoms with van der Waals surface area (Å²) < 4.78 is 86.4. The Morgan fingerprint density at radius 3 is 2.44 bits per heavy atom. The maximum absolute atomic E-state index is 14.5. The first kappa shape index (κ1) is 24.2. The fourth-order valence-corrected chi connectivity index (χ4v) is 4.34. The minimum atomic E-state index is -4.78. The minimum absolute atomic E-state index is 0.00240. The van der Waals surface area contributed by atoms with Crippen molar-refractivity contribution < 1.29 is 36.2 Å². The van der Waals surface area contributed by atoms with Crippen LogP contribution in [0.25, 0.3) is 0 Å². The van der Waals surface area contributed by atoms with Crippen molar-refractivity contribution in [2.75, 3.05) is 14.2 Å². The lowest BCUT2D eigenvalue weighted by Gasteiger charge is -2.32. The molecule has 2 heterocycles. The van der Waals surface area contributed by atoms with Gasteiger partial charge in [0, 0.05) is 41.8 Å². The summed E-state index contributed by atoms with van der Waals surface area (Å²) in [4.78, 5) is 15.5. The van der Waals surface area contributed by atoms with E-state index in [1.807, 2.05) is 0 Å². The average molecular weight is 461 g/mol. The van der Waals surface area contributed by atoms with Gasteiger partial charge in [0.05, 0.1) is 19.4 Å². The Bertz CT molecular complexity index is 1070. The van der Waals surface area contributed by atoms with E-state index in [2.05, 4.69) is 4.98 Å². The van der Waals surface area contributed by atoms with E-state index in [4.69, 9.17) is 14.2 Å². The van der Waals surface area contributed by atoms with E-state index in [-0.39, 0.29) is 23.4 Å². The Kier molecular flexibility index (Phi) is 6.41. The van der Waals surface area contributed by atoms with Gasteiger partial charge in [-0.15, -0.1) is 0 Å². The van der Waals surface area contributed by atoms with Gasteiger partial charge in [-0.1, -0.05) is 13.0 Å². The summed E-state index contributed by atoms with van der Waals surface area (Å²) in [5.41, 5.74) is -2.49. The lowest BCUT2D eigenvalue weighted by Crippen LogP contribution is -2.46. The number of aromatic amines is 1. The van der Waals surface area contributed by atoms with Crippen LogP contribution in [0, 0.1) is 24.5 Å². The maximum Gasteiger partial charge on any atom is 0.417 e. The summed E-state index contributed by atoms with van der Waals surface area (Å²) in [6.07, 6.45) is -6.12. The zero-order chi connectivity index (χ0) is 24.0. The molecular weight excluding hydrogens is 437 g/mol. The van der Waals surface area contributed by atoms with E-state index in [1.54, 1.807) is 6.92 Å². The van der Waals surface area contributed by atoms with Crippen molar-refractivity contribution in [2.45, 2.75) is 51.2 Å². The van der Waals surface area contributed by atoms with E-state index < -0.39 is 52.5 Å². The number of methoxy groups -OCH3 is 2. The number of aromatic nitrogens is 1. The fourth-order valence-electron chi connectivity index (χ4n) is 4.34. The Labute approximate surface area is 181 Å². The summed E-state index contributed by atoms with van der Waals surface area (Å²) in [7, 11) is 2.45. The first-order chi connectivity index (χ1) is 14.9. The van der Waals surface area contributed by atoms with E-state index >= 15 is 0 Å². The lowest BCUT2D eigenvalue weighted by atomic mass is 9.76. The molecule has 1 saturated heterocycles. The SMILES string of the molecule is COCc1c([C@@H]2O[C@@](C)(C(F)(F)F)[C@@H](C)[C@H]2c2ccc(F)c(F)c2OC)[nH]c(C)cc1=O. The third-order valence-corrected chi connectivity index (χ3v) is 6.19. The highest BCUT2D eigenvalue weighted by Gasteiger charge is 2.65. The largest absolute Gasteiger partial charge is 0.493 e. The van der Waals surface area contributed by atoms with Crippen LogP contribution in [0.5, 0.6) is 5.75 Å². The predicted octanol–water partition coefficient (Wildman–Crippen LogP) is 4.93.